The lowest BCUT2D eigenvalue weighted by molar-refractivity contribution is -0.873. The van der Waals surface area contributed by atoms with Crippen LogP contribution < -0.4 is 0 Å². The van der Waals surface area contributed by atoms with Gasteiger partial charge in [0.05, 0.1) is 27.6 Å². The number of hydrogen-bond donors (Lipinski definition) is 1. The molecule has 0 aromatic heterocycles. The predicted molar refractivity (Wildman–Crippen MR) is 143 cm³/mol. The Labute approximate surface area is 211 Å². The SMILES string of the molecule is CCCCCCCCCCC(C)CCCCCCCCCC(=O)OC(CC(=O)O)C[N+](C)(C)C. The fourth-order valence-corrected chi connectivity index (χ4v) is 4.61. The largest absolute Gasteiger partial charge is 0.481 e. The summed E-state index contributed by atoms with van der Waals surface area (Å²) in [4.78, 5) is 23.1. The smallest absolute Gasteiger partial charge is 0.307 e. The number of nitrogens with zero attached hydrogens (tertiary/aromatic N) is 1. The van der Waals surface area contributed by atoms with Crippen LogP contribution >= 0.6 is 0 Å². The van der Waals surface area contributed by atoms with Gasteiger partial charge in [0.1, 0.15) is 6.54 Å². The summed E-state index contributed by atoms with van der Waals surface area (Å²) in [6.45, 7) is 5.21. The molecule has 0 saturated carbocycles. The van der Waals surface area contributed by atoms with Crippen molar-refractivity contribution in [2.45, 2.75) is 142 Å². The highest BCUT2D eigenvalue weighted by Crippen LogP contribution is 2.19. The molecule has 0 amide bonds. The van der Waals surface area contributed by atoms with Gasteiger partial charge in [-0.3, -0.25) is 9.59 Å². The Balaban J connectivity index is 3.59. The van der Waals surface area contributed by atoms with Crippen LogP contribution in [0.4, 0.5) is 0 Å². The summed E-state index contributed by atoms with van der Waals surface area (Å²) in [6, 6.07) is 0. The first-order chi connectivity index (χ1) is 16.1. The molecular formula is C29H58NO4+. The molecule has 0 aromatic carbocycles. The van der Waals surface area contributed by atoms with Crippen LogP contribution in [0.5, 0.6) is 0 Å². The molecule has 0 rings (SSSR count). The quantitative estimate of drug-likeness (QED) is 0.0863. The summed E-state index contributed by atoms with van der Waals surface area (Å²) in [7, 11) is 5.92. The van der Waals surface area contributed by atoms with Gasteiger partial charge >= 0.3 is 11.9 Å². The highest BCUT2D eigenvalue weighted by molar-refractivity contribution is 5.71. The average Bonchev–Trinajstić information content (AvgIpc) is 2.72. The fourth-order valence-electron chi connectivity index (χ4n) is 4.61. The average molecular weight is 485 g/mol. The van der Waals surface area contributed by atoms with Crippen molar-refractivity contribution in [2.75, 3.05) is 27.7 Å². The van der Waals surface area contributed by atoms with Gasteiger partial charge in [-0.2, -0.15) is 0 Å². The normalized spacial score (nSPS) is 13.6. The van der Waals surface area contributed by atoms with Gasteiger partial charge in [0, 0.05) is 6.42 Å². The van der Waals surface area contributed by atoms with E-state index in [9.17, 15) is 9.59 Å². The molecule has 0 heterocycles. The molecule has 202 valence electrons. The van der Waals surface area contributed by atoms with E-state index in [1.165, 1.54) is 96.3 Å². The maximum Gasteiger partial charge on any atom is 0.307 e. The number of carbonyl (C=O) groups excluding carboxylic acids is 1. The third-order valence-corrected chi connectivity index (χ3v) is 6.58. The minimum Gasteiger partial charge on any atom is -0.481 e. The van der Waals surface area contributed by atoms with E-state index in [1.807, 2.05) is 21.1 Å². The Kier molecular flexibility index (Phi) is 20.5. The van der Waals surface area contributed by atoms with Gasteiger partial charge in [0.25, 0.3) is 0 Å². The van der Waals surface area contributed by atoms with Crippen molar-refractivity contribution in [1.29, 1.82) is 0 Å². The zero-order chi connectivity index (χ0) is 25.7. The number of unbranched alkanes of at least 4 members (excludes halogenated alkanes) is 13. The molecule has 5 heteroatoms. The second kappa shape index (κ2) is 21.2. The van der Waals surface area contributed by atoms with Crippen molar-refractivity contribution in [3.8, 4) is 0 Å². The first kappa shape index (κ1) is 32.9. The highest BCUT2D eigenvalue weighted by atomic mass is 16.5. The van der Waals surface area contributed by atoms with E-state index < -0.39 is 12.1 Å². The van der Waals surface area contributed by atoms with Crippen molar-refractivity contribution >= 4 is 11.9 Å². The van der Waals surface area contributed by atoms with Gasteiger partial charge < -0.3 is 14.3 Å². The van der Waals surface area contributed by atoms with Gasteiger partial charge in [0.2, 0.25) is 0 Å². The van der Waals surface area contributed by atoms with Crippen molar-refractivity contribution in [3.63, 3.8) is 0 Å². The number of likely N-dealkylation sites (N-methyl/N-ethyl adjacent to an activating group) is 1. The Morgan fingerprint density at radius 1 is 0.735 bits per heavy atom. The number of rotatable bonds is 24. The second-order valence-corrected chi connectivity index (χ2v) is 11.6. The number of hydrogen-bond acceptors (Lipinski definition) is 3. The predicted octanol–water partition coefficient (Wildman–Crippen LogP) is 7.76. The molecule has 2 unspecified atom stereocenters. The lowest BCUT2D eigenvalue weighted by atomic mass is 9.95. The standard InChI is InChI=1S/C29H57NO4/c1-6-7-8-9-10-12-15-18-21-26(2)22-19-16-13-11-14-17-20-23-29(33)34-27(24-28(31)32)25-30(3,4)5/h26-27H,6-25H2,1-5H3/p+1. The van der Waals surface area contributed by atoms with Crippen LogP contribution in [0.25, 0.3) is 0 Å². The summed E-state index contributed by atoms with van der Waals surface area (Å²) in [5, 5.41) is 9.05. The number of ether oxygens (including phenoxy) is 1. The van der Waals surface area contributed by atoms with Gasteiger partial charge in [0.15, 0.2) is 6.10 Å². The molecule has 0 bridgehead atoms. The van der Waals surface area contributed by atoms with Crippen LogP contribution in [0.3, 0.4) is 0 Å². The maximum absolute atomic E-state index is 12.1. The van der Waals surface area contributed by atoms with Gasteiger partial charge in [-0.25, -0.2) is 0 Å². The van der Waals surface area contributed by atoms with Crippen LogP contribution in [0, 0.1) is 5.92 Å². The lowest BCUT2D eigenvalue weighted by Crippen LogP contribution is -2.43. The van der Waals surface area contributed by atoms with E-state index >= 15 is 0 Å². The first-order valence-electron chi connectivity index (χ1n) is 14.4. The number of aliphatic carboxylic acids is 1. The molecular weight excluding hydrogens is 426 g/mol. The fraction of sp³-hybridized carbons (Fsp3) is 0.931. The minimum atomic E-state index is -0.922. The van der Waals surface area contributed by atoms with Crippen molar-refractivity contribution in [1.82, 2.24) is 0 Å². The lowest BCUT2D eigenvalue weighted by Gasteiger charge is -2.28. The van der Waals surface area contributed by atoms with Crippen LogP contribution in [0.2, 0.25) is 0 Å². The first-order valence-corrected chi connectivity index (χ1v) is 14.4. The van der Waals surface area contributed by atoms with E-state index in [-0.39, 0.29) is 12.4 Å². The third kappa shape index (κ3) is 24.0. The van der Waals surface area contributed by atoms with Gasteiger partial charge in [-0.05, 0) is 12.3 Å². The monoisotopic (exact) mass is 484 g/mol. The van der Waals surface area contributed by atoms with E-state index in [0.29, 0.717) is 17.4 Å². The van der Waals surface area contributed by atoms with Crippen LogP contribution in [-0.4, -0.2) is 55.3 Å². The second-order valence-electron chi connectivity index (χ2n) is 11.6. The Bertz CT molecular complexity index is 501. The Morgan fingerprint density at radius 2 is 1.18 bits per heavy atom. The topological polar surface area (TPSA) is 63.6 Å². The summed E-state index contributed by atoms with van der Waals surface area (Å²) in [5.41, 5.74) is 0. The van der Waals surface area contributed by atoms with E-state index in [2.05, 4.69) is 13.8 Å². The van der Waals surface area contributed by atoms with Crippen LogP contribution in [-0.2, 0) is 14.3 Å². The molecule has 0 fully saturated rings. The maximum atomic E-state index is 12.1. The number of carboxylic acids is 1. The summed E-state index contributed by atoms with van der Waals surface area (Å²) < 4.78 is 6.02. The number of carbonyl (C=O) groups is 2. The Morgan fingerprint density at radius 3 is 1.62 bits per heavy atom. The summed E-state index contributed by atoms with van der Waals surface area (Å²) >= 11 is 0. The van der Waals surface area contributed by atoms with Gasteiger partial charge in [-0.15, -0.1) is 0 Å². The molecule has 0 radical (unpaired) electrons. The minimum absolute atomic E-state index is 0.126. The summed E-state index contributed by atoms with van der Waals surface area (Å²) in [5.74, 6) is -0.313. The molecule has 0 aromatic rings. The number of esters is 1. The Hall–Kier alpha value is -1.10. The van der Waals surface area contributed by atoms with Crippen molar-refractivity contribution in [2.24, 2.45) is 5.92 Å². The molecule has 0 aliphatic carbocycles. The molecule has 5 nitrogen and oxygen atoms in total. The molecule has 34 heavy (non-hydrogen) atoms. The number of carboxylic acid groups (broad SMARTS) is 1. The molecule has 2 atom stereocenters. The zero-order valence-electron chi connectivity index (χ0n) is 23.4. The zero-order valence-corrected chi connectivity index (χ0v) is 23.4. The molecule has 0 saturated heterocycles. The van der Waals surface area contributed by atoms with Crippen molar-refractivity contribution in [3.05, 3.63) is 0 Å². The molecule has 0 aliphatic rings. The van der Waals surface area contributed by atoms with E-state index in [1.54, 1.807) is 0 Å². The summed E-state index contributed by atoms with van der Waals surface area (Å²) in [6.07, 6.45) is 22.0. The van der Waals surface area contributed by atoms with E-state index in [4.69, 9.17) is 9.84 Å². The molecule has 0 aliphatic heterocycles. The third-order valence-electron chi connectivity index (χ3n) is 6.58. The number of quaternary nitrogens is 1. The molecule has 0 spiro atoms. The van der Waals surface area contributed by atoms with Crippen LogP contribution in [0.15, 0.2) is 0 Å². The van der Waals surface area contributed by atoms with E-state index in [0.717, 1.165) is 18.8 Å². The highest BCUT2D eigenvalue weighted by Gasteiger charge is 2.24. The van der Waals surface area contributed by atoms with Gasteiger partial charge in [-0.1, -0.05) is 117 Å². The molecule has 1 N–H and O–H groups in total. The van der Waals surface area contributed by atoms with Crippen molar-refractivity contribution < 1.29 is 23.9 Å². The van der Waals surface area contributed by atoms with Crippen LogP contribution in [0.1, 0.15) is 136 Å².